The fraction of sp³-hybridized carbons (Fsp3) is 0.417. The highest BCUT2D eigenvalue weighted by Gasteiger charge is 2.21. The van der Waals surface area contributed by atoms with Crippen LogP contribution >= 0.6 is 0 Å². The lowest BCUT2D eigenvalue weighted by Crippen LogP contribution is -2.28. The Balaban J connectivity index is 2.08. The molecule has 0 bridgehead atoms. The smallest absolute Gasteiger partial charge is 0.221 e. The van der Waals surface area contributed by atoms with E-state index < -0.39 is 0 Å². The van der Waals surface area contributed by atoms with E-state index in [1.807, 2.05) is 12.1 Å². The zero-order valence-electron chi connectivity index (χ0n) is 9.49. The fourth-order valence-corrected chi connectivity index (χ4v) is 2.15. The lowest BCUT2D eigenvalue weighted by molar-refractivity contribution is -0.120. The number of amides is 1. The van der Waals surface area contributed by atoms with Crippen molar-refractivity contribution in [1.29, 1.82) is 0 Å². The van der Waals surface area contributed by atoms with E-state index in [1.165, 1.54) is 5.56 Å². The number of nitrogens with two attached hydrogens (primary N) is 1. The van der Waals surface area contributed by atoms with Crippen molar-refractivity contribution in [2.75, 3.05) is 30.8 Å². The van der Waals surface area contributed by atoms with Gasteiger partial charge < -0.3 is 16.0 Å². The summed E-state index contributed by atoms with van der Waals surface area (Å²) in [5.74, 6) is 0.0722. The third-order valence-corrected chi connectivity index (χ3v) is 3.01. The van der Waals surface area contributed by atoms with Gasteiger partial charge in [0.1, 0.15) is 0 Å². The van der Waals surface area contributed by atoms with E-state index in [9.17, 15) is 4.79 Å². The zero-order valence-corrected chi connectivity index (χ0v) is 9.49. The molecule has 1 aliphatic rings. The molecule has 0 spiro atoms. The standard InChI is InChI=1S/C12H17N3O/c1-14-11(16)6-8-15-7-5-9-3-2-4-10(13)12(9)15/h2-4H,5-8,13H2,1H3,(H,14,16). The maximum Gasteiger partial charge on any atom is 0.221 e. The van der Waals surface area contributed by atoms with Gasteiger partial charge in [-0.3, -0.25) is 4.79 Å². The van der Waals surface area contributed by atoms with Crippen LogP contribution in [0.2, 0.25) is 0 Å². The van der Waals surface area contributed by atoms with Gasteiger partial charge in [-0.25, -0.2) is 0 Å². The van der Waals surface area contributed by atoms with Crippen LogP contribution in [0.3, 0.4) is 0 Å². The molecule has 16 heavy (non-hydrogen) atoms. The molecule has 1 heterocycles. The number of rotatable bonds is 3. The first-order chi connectivity index (χ1) is 7.72. The van der Waals surface area contributed by atoms with Gasteiger partial charge in [0.15, 0.2) is 0 Å². The van der Waals surface area contributed by atoms with Gasteiger partial charge in [-0.05, 0) is 18.1 Å². The van der Waals surface area contributed by atoms with Crippen molar-refractivity contribution in [3.05, 3.63) is 23.8 Å². The number of hydrogen-bond acceptors (Lipinski definition) is 3. The molecular weight excluding hydrogens is 202 g/mol. The average molecular weight is 219 g/mol. The van der Waals surface area contributed by atoms with Crippen molar-refractivity contribution in [2.45, 2.75) is 12.8 Å². The summed E-state index contributed by atoms with van der Waals surface area (Å²) < 4.78 is 0. The van der Waals surface area contributed by atoms with E-state index in [0.29, 0.717) is 6.42 Å². The molecule has 86 valence electrons. The quantitative estimate of drug-likeness (QED) is 0.738. The predicted octanol–water partition coefficient (Wildman–Crippen LogP) is 0.767. The molecule has 4 nitrogen and oxygen atoms in total. The Morgan fingerprint density at radius 3 is 3.12 bits per heavy atom. The number of fused-ring (bicyclic) bond motifs is 1. The van der Waals surface area contributed by atoms with Crippen LogP contribution in [0.25, 0.3) is 0 Å². The molecule has 0 saturated carbocycles. The Morgan fingerprint density at radius 1 is 1.56 bits per heavy atom. The minimum atomic E-state index is 0.0722. The summed E-state index contributed by atoms with van der Waals surface area (Å²) in [5, 5.41) is 2.63. The molecular formula is C12H17N3O. The molecule has 0 aliphatic carbocycles. The monoisotopic (exact) mass is 219 g/mol. The molecule has 0 unspecified atom stereocenters. The molecule has 4 heteroatoms. The molecule has 2 rings (SSSR count). The van der Waals surface area contributed by atoms with Crippen LogP contribution in [0.5, 0.6) is 0 Å². The second-order valence-corrected chi connectivity index (χ2v) is 4.02. The van der Waals surface area contributed by atoms with Crippen LogP contribution in [-0.4, -0.2) is 26.0 Å². The molecule has 0 fully saturated rings. The van der Waals surface area contributed by atoms with Crippen molar-refractivity contribution >= 4 is 17.3 Å². The lowest BCUT2D eigenvalue weighted by Gasteiger charge is -2.20. The summed E-state index contributed by atoms with van der Waals surface area (Å²) in [7, 11) is 1.66. The van der Waals surface area contributed by atoms with Gasteiger partial charge in [-0.15, -0.1) is 0 Å². The van der Waals surface area contributed by atoms with Gasteiger partial charge >= 0.3 is 0 Å². The maximum absolute atomic E-state index is 11.2. The van der Waals surface area contributed by atoms with Crippen molar-refractivity contribution in [3.63, 3.8) is 0 Å². The maximum atomic E-state index is 11.2. The third-order valence-electron chi connectivity index (χ3n) is 3.01. The van der Waals surface area contributed by atoms with Gasteiger partial charge in [-0.2, -0.15) is 0 Å². The first kappa shape index (κ1) is 10.8. The van der Waals surface area contributed by atoms with E-state index in [2.05, 4.69) is 16.3 Å². The number of carbonyl (C=O) groups excluding carboxylic acids is 1. The number of carbonyl (C=O) groups is 1. The zero-order chi connectivity index (χ0) is 11.5. The Bertz CT molecular complexity index is 403. The Hall–Kier alpha value is -1.71. The highest BCUT2D eigenvalue weighted by molar-refractivity contribution is 5.78. The average Bonchev–Trinajstić information content (AvgIpc) is 2.70. The summed E-state index contributed by atoms with van der Waals surface area (Å²) in [6, 6.07) is 6.00. The van der Waals surface area contributed by atoms with E-state index in [1.54, 1.807) is 7.05 Å². The number of nitrogen functional groups attached to an aromatic ring is 1. The van der Waals surface area contributed by atoms with Crippen molar-refractivity contribution in [2.24, 2.45) is 0 Å². The molecule has 1 aliphatic heterocycles. The normalized spacial score (nSPS) is 13.7. The predicted molar refractivity (Wildman–Crippen MR) is 65.5 cm³/mol. The van der Waals surface area contributed by atoms with Gasteiger partial charge in [0, 0.05) is 26.6 Å². The van der Waals surface area contributed by atoms with Gasteiger partial charge in [0.05, 0.1) is 11.4 Å². The van der Waals surface area contributed by atoms with Gasteiger partial charge in [-0.1, -0.05) is 12.1 Å². The Morgan fingerprint density at radius 2 is 2.38 bits per heavy atom. The largest absolute Gasteiger partial charge is 0.397 e. The Kier molecular flexibility index (Phi) is 2.99. The summed E-state index contributed by atoms with van der Waals surface area (Å²) in [6.07, 6.45) is 1.54. The summed E-state index contributed by atoms with van der Waals surface area (Å²) >= 11 is 0. The van der Waals surface area contributed by atoms with Crippen LogP contribution in [0.1, 0.15) is 12.0 Å². The van der Waals surface area contributed by atoms with Crippen molar-refractivity contribution in [3.8, 4) is 0 Å². The molecule has 1 amide bonds. The van der Waals surface area contributed by atoms with Gasteiger partial charge in [0.25, 0.3) is 0 Å². The highest BCUT2D eigenvalue weighted by Crippen LogP contribution is 2.33. The second-order valence-electron chi connectivity index (χ2n) is 4.02. The number of para-hydroxylation sites is 1. The number of nitrogens with one attached hydrogen (secondary N) is 1. The first-order valence-electron chi connectivity index (χ1n) is 5.55. The van der Waals surface area contributed by atoms with E-state index in [4.69, 9.17) is 5.73 Å². The number of hydrogen-bond donors (Lipinski definition) is 2. The van der Waals surface area contributed by atoms with Crippen LogP contribution in [0.4, 0.5) is 11.4 Å². The van der Waals surface area contributed by atoms with E-state index >= 15 is 0 Å². The van der Waals surface area contributed by atoms with Crippen LogP contribution < -0.4 is 16.0 Å². The molecule has 0 aromatic heterocycles. The topological polar surface area (TPSA) is 58.4 Å². The fourth-order valence-electron chi connectivity index (χ4n) is 2.15. The summed E-state index contributed by atoms with van der Waals surface area (Å²) in [4.78, 5) is 13.4. The second kappa shape index (κ2) is 4.43. The minimum absolute atomic E-state index is 0.0722. The molecule has 1 aromatic rings. The van der Waals surface area contributed by atoms with Gasteiger partial charge in [0.2, 0.25) is 5.91 Å². The van der Waals surface area contributed by atoms with E-state index in [0.717, 1.165) is 30.9 Å². The Labute approximate surface area is 95.4 Å². The molecule has 0 atom stereocenters. The van der Waals surface area contributed by atoms with Crippen LogP contribution in [0.15, 0.2) is 18.2 Å². The van der Waals surface area contributed by atoms with E-state index in [-0.39, 0.29) is 5.91 Å². The summed E-state index contributed by atoms with van der Waals surface area (Å²) in [5.41, 5.74) is 9.18. The third kappa shape index (κ3) is 1.96. The SMILES string of the molecule is CNC(=O)CCN1CCc2cccc(N)c21. The van der Waals surface area contributed by atoms with Crippen LogP contribution in [-0.2, 0) is 11.2 Å². The van der Waals surface area contributed by atoms with Crippen molar-refractivity contribution < 1.29 is 4.79 Å². The number of anilines is 2. The van der Waals surface area contributed by atoms with Crippen molar-refractivity contribution in [1.82, 2.24) is 5.32 Å². The van der Waals surface area contributed by atoms with Crippen LogP contribution in [0, 0.1) is 0 Å². The highest BCUT2D eigenvalue weighted by atomic mass is 16.1. The lowest BCUT2D eigenvalue weighted by atomic mass is 10.1. The number of nitrogens with zero attached hydrogens (tertiary/aromatic N) is 1. The first-order valence-corrected chi connectivity index (χ1v) is 5.55. The summed E-state index contributed by atoms with van der Waals surface area (Å²) in [6.45, 7) is 1.70. The number of benzene rings is 1. The molecule has 3 N–H and O–H groups in total. The molecule has 0 radical (unpaired) electrons. The molecule has 1 aromatic carbocycles. The minimum Gasteiger partial charge on any atom is -0.397 e. The molecule has 0 saturated heterocycles.